The van der Waals surface area contributed by atoms with Crippen molar-refractivity contribution >= 4 is 0 Å². The molecule has 3 heteroatoms. The lowest BCUT2D eigenvalue weighted by Crippen LogP contribution is -2.29. The fourth-order valence-electron chi connectivity index (χ4n) is 2.53. The summed E-state index contributed by atoms with van der Waals surface area (Å²) >= 11 is 0. The highest BCUT2D eigenvalue weighted by Gasteiger charge is 2.14. The second-order valence-corrected chi connectivity index (χ2v) is 5.38. The van der Waals surface area contributed by atoms with Crippen LogP contribution in [0.3, 0.4) is 0 Å². The van der Waals surface area contributed by atoms with Crippen LogP contribution in [-0.4, -0.2) is 30.1 Å². The van der Waals surface area contributed by atoms with Gasteiger partial charge in [0.25, 0.3) is 0 Å². The quantitative estimate of drug-likeness (QED) is 0.818. The standard InChI is InChI=1S/C15H24N2O/c1-12(2)15-14(18-3)8-7-13(16-15)11-17-9-5-4-6-10-17/h7-8,12H,4-6,9-11H2,1-3H3. The van der Waals surface area contributed by atoms with E-state index in [1.807, 2.05) is 0 Å². The van der Waals surface area contributed by atoms with Gasteiger partial charge in [-0.2, -0.15) is 0 Å². The molecule has 0 aliphatic carbocycles. The van der Waals surface area contributed by atoms with Crippen LogP contribution in [0.2, 0.25) is 0 Å². The molecule has 0 saturated carbocycles. The van der Waals surface area contributed by atoms with Crippen LogP contribution in [0.1, 0.15) is 50.4 Å². The highest BCUT2D eigenvalue weighted by molar-refractivity contribution is 5.31. The number of hydrogen-bond donors (Lipinski definition) is 0. The summed E-state index contributed by atoms with van der Waals surface area (Å²) in [6, 6.07) is 4.15. The van der Waals surface area contributed by atoms with E-state index in [4.69, 9.17) is 9.72 Å². The van der Waals surface area contributed by atoms with Gasteiger partial charge in [0, 0.05) is 6.54 Å². The average molecular weight is 248 g/mol. The number of hydrogen-bond acceptors (Lipinski definition) is 3. The van der Waals surface area contributed by atoms with Gasteiger partial charge in [-0.15, -0.1) is 0 Å². The van der Waals surface area contributed by atoms with E-state index in [9.17, 15) is 0 Å². The molecule has 0 spiro atoms. The lowest BCUT2D eigenvalue weighted by atomic mass is 10.1. The maximum atomic E-state index is 5.38. The molecule has 1 saturated heterocycles. The summed E-state index contributed by atoms with van der Waals surface area (Å²) in [4.78, 5) is 7.27. The van der Waals surface area contributed by atoms with Gasteiger partial charge in [-0.3, -0.25) is 9.88 Å². The number of likely N-dealkylation sites (tertiary alicyclic amines) is 1. The first kappa shape index (κ1) is 13.3. The second-order valence-electron chi connectivity index (χ2n) is 5.38. The Kier molecular flexibility index (Phi) is 4.59. The molecule has 2 heterocycles. The zero-order valence-corrected chi connectivity index (χ0v) is 11.8. The van der Waals surface area contributed by atoms with Crippen LogP contribution >= 0.6 is 0 Å². The minimum atomic E-state index is 0.404. The molecule has 1 aromatic heterocycles. The molecular formula is C15H24N2O. The molecule has 18 heavy (non-hydrogen) atoms. The van der Waals surface area contributed by atoms with Crippen LogP contribution in [0.15, 0.2) is 12.1 Å². The molecule has 0 radical (unpaired) electrons. The van der Waals surface area contributed by atoms with Crippen LogP contribution in [0.25, 0.3) is 0 Å². The van der Waals surface area contributed by atoms with Crippen molar-refractivity contribution in [2.24, 2.45) is 0 Å². The number of rotatable bonds is 4. The van der Waals surface area contributed by atoms with Crippen molar-refractivity contribution < 1.29 is 4.74 Å². The number of methoxy groups -OCH3 is 1. The van der Waals surface area contributed by atoms with Gasteiger partial charge in [-0.1, -0.05) is 20.3 Å². The molecule has 1 aliphatic rings. The van der Waals surface area contributed by atoms with E-state index in [1.54, 1.807) is 7.11 Å². The number of piperidine rings is 1. The Morgan fingerprint density at radius 1 is 1.22 bits per heavy atom. The Morgan fingerprint density at radius 2 is 1.94 bits per heavy atom. The van der Waals surface area contributed by atoms with Crippen LogP contribution < -0.4 is 4.74 Å². The Morgan fingerprint density at radius 3 is 2.56 bits per heavy atom. The van der Waals surface area contributed by atoms with Gasteiger partial charge >= 0.3 is 0 Å². The maximum Gasteiger partial charge on any atom is 0.140 e. The molecule has 2 rings (SSSR count). The first-order valence-corrected chi connectivity index (χ1v) is 6.97. The molecule has 0 unspecified atom stereocenters. The van der Waals surface area contributed by atoms with Gasteiger partial charge in [-0.25, -0.2) is 0 Å². The monoisotopic (exact) mass is 248 g/mol. The summed E-state index contributed by atoms with van der Waals surface area (Å²) in [5.74, 6) is 1.31. The zero-order valence-electron chi connectivity index (χ0n) is 11.8. The topological polar surface area (TPSA) is 25.4 Å². The van der Waals surface area contributed by atoms with Crippen molar-refractivity contribution in [3.05, 3.63) is 23.5 Å². The van der Waals surface area contributed by atoms with Gasteiger partial charge in [0.15, 0.2) is 0 Å². The summed E-state index contributed by atoms with van der Waals surface area (Å²) in [5.41, 5.74) is 2.24. The van der Waals surface area contributed by atoms with Crippen LogP contribution in [0.4, 0.5) is 0 Å². The van der Waals surface area contributed by atoms with E-state index in [1.165, 1.54) is 38.0 Å². The highest BCUT2D eigenvalue weighted by atomic mass is 16.5. The summed E-state index contributed by atoms with van der Waals surface area (Å²) < 4.78 is 5.38. The molecule has 1 aliphatic heterocycles. The van der Waals surface area contributed by atoms with Gasteiger partial charge in [0.1, 0.15) is 5.75 Å². The summed E-state index contributed by atoms with van der Waals surface area (Å²) in [6.45, 7) is 7.73. The lowest BCUT2D eigenvalue weighted by molar-refractivity contribution is 0.218. The fourth-order valence-corrected chi connectivity index (χ4v) is 2.53. The van der Waals surface area contributed by atoms with Crippen molar-refractivity contribution in [2.75, 3.05) is 20.2 Å². The molecule has 0 atom stereocenters. The van der Waals surface area contributed by atoms with E-state index >= 15 is 0 Å². The zero-order chi connectivity index (χ0) is 13.0. The third-order valence-corrected chi connectivity index (χ3v) is 3.54. The van der Waals surface area contributed by atoms with Crippen LogP contribution in [-0.2, 0) is 6.54 Å². The molecule has 0 bridgehead atoms. The van der Waals surface area contributed by atoms with E-state index in [-0.39, 0.29) is 0 Å². The summed E-state index contributed by atoms with van der Waals surface area (Å²) in [7, 11) is 1.72. The maximum absolute atomic E-state index is 5.38. The van der Waals surface area contributed by atoms with Crippen molar-refractivity contribution in [1.29, 1.82) is 0 Å². The Bertz CT molecular complexity index is 384. The first-order valence-electron chi connectivity index (χ1n) is 6.97. The number of ether oxygens (including phenoxy) is 1. The third-order valence-electron chi connectivity index (χ3n) is 3.54. The van der Waals surface area contributed by atoms with Crippen molar-refractivity contribution in [1.82, 2.24) is 9.88 Å². The molecular weight excluding hydrogens is 224 g/mol. The highest BCUT2D eigenvalue weighted by Crippen LogP contribution is 2.25. The SMILES string of the molecule is COc1ccc(CN2CCCCC2)nc1C(C)C. The minimum absolute atomic E-state index is 0.404. The van der Waals surface area contributed by atoms with Crippen molar-refractivity contribution in [3.63, 3.8) is 0 Å². The van der Waals surface area contributed by atoms with E-state index in [2.05, 4.69) is 30.9 Å². The summed E-state index contributed by atoms with van der Waals surface area (Å²) in [5, 5.41) is 0. The smallest absolute Gasteiger partial charge is 0.140 e. The Labute approximate surface area is 110 Å². The van der Waals surface area contributed by atoms with Crippen molar-refractivity contribution in [2.45, 2.75) is 45.6 Å². The lowest BCUT2D eigenvalue weighted by Gasteiger charge is -2.26. The molecule has 0 amide bonds. The Balaban J connectivity index is 2.10. The van der Waals surface area contributed by atoms with Gasteiger partial charge in [0.2, 0.25) is 0 Å². The summed E-state index contributed by atoms with van der Waals surface area (Å²) in [6.07, 6.45) is 4.03. The van der Waals surface area contributed by atoms with Crippen molar-refractivity contribution in [3.8, 4) is 5.75 Å². The number of nitrogens with zero attached hydrogens (tertiary/aromatic N) is 2. The molecule has 1 fully saturated rings. The number of pyridine rings is 1. The fraction of sp³-hybridized carbons (Fsp3) is 0.667. The first-order chi connectivity index (χ1) is 8.70. The predicted octanol–water partition coefficient (Wildman–Crippen LogP) is 3.20. The minimum Gasteiger partial charge on any atom is -0.495 e. The molecule has 0 N–H and O–H groups in total. The average Bonchev–Trinajstić information content (AvgIpc) is 2.40. The molecule has 1 aromatic rings. The van der Waals surface area contributed by atoms with Gasteiger partial charge in [-0.05, 0) is 44.0 Å². The van der Waals surface area contributed by atoms with Crippen LogP contribution in [0, 0.1) is 0 Å². The predicted molar refractivity (Wildman–Crippen MR) is 74.0 cm³/mol. The second kappa shape index (κ2) is 6.19. The molecule has 3 nitrogen and oxygen atoms in total. The van der Waals surface area contributed by atoms with E-state index in [0.29, 0.717) is 5.92 Å². The molecule has 100 valence electrons. The Hall–Kier alpha value is -1.09. The number of aromatic nitrogens is 1. The largest absolute Gasteiger partial charge is 0.495 e. The molecule has 0 aromatic carbocycles. The normalized spacial score (nSPS) is 17.1. The van der Waals surface area contributed by atoms with E-state index in [0.717, 1.165) is 18.0 Å². The third kappa shape index (κ3) is 3.22. The van der Waals surface area contributed by atoms with Gasteiger partial charge in [0.05, 0.1) is 18.5 Å². The van der Waals surface area contributed by atoms with E-state index < -0.39 is 0 Å². The van der Waals surface area contributed by atoms with Gasteiger partial charge < -0.3 is 4.74 Å². The van der Waals surface area contributed by atoms with Crippen LogP contribution in [0.5, 0.6) is 5.75 Å².